The number of benzene rings is 4. The zero-order chi connectivity index (χ0) is 35.9. The maximum atomic E-state index is 13.1. The number of nitrogens with zero attached hydrogens (tertiary/aromatic N) is 1. The van der Waals surface area contributed by atoms with Crippen LogP contribution in [0.4, 0.5) is 4.79 Å². The lowest BCUT2D eigenvalue weighted by Crippen LogP contribution is -2.41. The van der Waals surface area contributed by atoms with Gasteiger partial charge < -0.3 is 29.7 Å². The molecule has 6 rings (SSSR count). The van der Waals surface area contributed by atoms with Gasteiger partial charge in [-0.3, -0.25) is 14.5 Å². The minimum Gasteiger partial charge on any atom is -0.478 e. The van der Waals surface area contributed by atoms with Crippen LogP contribution in [-0.2, 0) is 43.6 Å². The maximum Gasteiger partial charge on any atom is 0.408 e. The molecule has 12 heteroatoms. The highest BCUT2D eigenvalue weighted by molar-refractivity contribution is 7.99. The van der Waals surface area contributed by atoms with Crippen molar-refractivity contribution in [2.45, 2.75) is 62.5 Å². The molecule has 264 valence electrons. The van der Waals surface area contributed by atoms with Gasteiger partial charge in [0.15, 0.2) is 6.29 Å². The van der Waals surface area contributed by atoms with Crippen LogP contribution in [0.15, 0.2) is 108 Å². The minimum absolute atomic E-state index is 0.0285. The normalized spacial score (nSPS) is 21.8. The summed E-state index contributed by atoms with van der Waals surface area (Å²) < 4.78 is 18.3. The largest absolute Gasteiger partial charge is 0.478 e. The Morgan fingerprint density at radius 3 is 2.24 bits per heavy atom. The highest BCUT2D eigenvalue weighted by Crippen LogP contribution is 2.43. The van der Waals surface area contributed by atoms with E-state index in [0.29, 0.717) is 16.2 Å². The molecule has 5 atom stereocenters. The summed E-state index contributed by atoms with van der Waals surface area (Å²) in [6.45, 7) is 2.03. The number of aliphatic hydroxyl groups excluding tert-OH is 1. The van der Waals surface area contributed by atoms with E-state index in [0.717, 1.165) is 27.2 Å². The molecular formula is C39H38N2O9S. The van der Waals surface area contributed by atoms with Crippen molar-refractivity contribution < 1.29 is 43.6 Å². The molecule has 4 aromatic carbocycles. The van der Waals surface area contributed by atoms with Crippen LogP contribution in [0.3, 0.4) is 0 Å². The van der Waals surface area contributed by atoms with Gasteiger partial charge in [0.05, 0.1) is 37.3 Å². The van der Waals surface area contributed by atoms with Gasteiger partial charge in [0, 0.05) is 22.1 Å². The van der Waals surface area contributed by atoms with E-state index in [1.165, 1.54) is 11.8 Å². The molecule has 0 aliphatic carbocycles. The quantitative estimate of drug-likeness (QED) is 0.118. The van der Waals surface area contributed by atoms with Crippen molar-refractivity contribution in [3.63, 3.8) is 0 Å². The molecule has 5 unspecified atom stereocenters. The average Bonchev–Trinajstić information content (AvgIpc) is 3.41. The summed E-state index contributed by atoms with van der Waals surface area (Å²) in [6, 6.07) is 29.8. The first-order valence-corrected chi connectivity index (χ1v) is 17.5. The van der Waals surface area contributed by atoms with Gasteiger partial charge in [0.2, 0.25) is 5.91 Å². The fourth-order valence-corrected chi connectivity index (χ4v) is 7.29. The summed E-state index contributed by atoms with van der Waals surface area (Å²) in [6.07, 6.45) is -2.37. The lowest BCUT2D eigenvalue weighted by Gasteiger charge is -2.41. The molecule has 4 aromatic rings. The van der Waals surface area contributed by atoms with Crippen molar-refractivity contribution in [2.75, 3.05) is 5.75 Å². The Morgan fingerprint density at radius 1 is 0.863 bits per heavy atom. The number of aliphatic hydroxyl groups is 1. The highest BCUT2D eigenvalue weighted by atomic mass is 32.2. The van der Waals surface area contributed by atoms with E-state index in [1.54, 1.807) is 36.4 Å². The van der Waals surface area contributed by atoms with Gasteiger partial charge in [0.25, 0.3) is 5.91 Å². The first kappa shape index (κ1) is 35.8. The first-order valence-electron chi connectivity index (χ1n) is 16.6. The molecule has 2 saturated heterocycles. The molecule has 11 nitrogen and oxygen atoms in total. The van der Waals surface area contributed by atoms with Gasteiger partial charge in [-0.15, -0.1) is 11.8 Å². The Bertz CT molecular complexity index is 1850. The molecule has 2 aliphatic heterocycles. The molecule has 2 aliphatic rings. The molecule has 3 N–H and O–H groups in total. The van der Waals surface area contributed by atoms with Crippen LogP contribution in [0.1, 0.15) is 63.9 Å². The number of thioether (sulfide) groups is 1. The molecular weight excluding hydrogens is 673 g/mol. The number of aromatic carboxylic acids is 1. The topological polar surface area (TPSA) is 152 Å². The van der Waals surface area contributed by atoms with Gasteiger partial charge >= 0.3 is 12.1 Å². The lowest BCUT2D eigenvalue weighted by atomic mass is 9.91. The van der Waals surface area contributed by atoms with E-state index in [1.807, 2.05) is 73.7 Å². The van der Waals surface area contributed by atoms with Crippen LogP contribution in [0.2, 0.25) is 0 Å². The smallest absolute Gasteiger partial charge is 0.408 e. The molecule has 0 radical (unpaired) electrons. The van der Waals surface area contributed by atoms with E-state index in [2.05, 4.69) is 5.32 Å². The third kappa shape index (κ3) is 8.66. The summed E-state index contributed by atoms with van der Waals surface area (Å²) in [4.78, 5) is 51.8. The van der Waals surface area contributed by atoms with E-state index < -0.39 is 36.2 Å². The van der Waals surface area contributed by atoms with Crippen molar-refractivity contribution in [1.29, 1.82) is 0 Å². The lowest BCUT2D eigenvalue weighted by molar-refractivity contribution is -0.268. The van der Waals surface area contributed by atoms with E-state index >= 15 is 0 Å². The number of likely N-dealkylation sites (tertiary alicyclic amines) is 1. The summed E-state index contributed by atoms with van der Waals surface area (Å²) in [7, 11) is 0. The fraction of sp³-hybridized carbons (Fsp3) is 0.282. The molecule has 0 saturated carbocycles. The van der Waals surface area contributed by atoms with E-state index in [4.69, 9.17) is 14.2 Å². The standard InChI is InChI=1S/C39H38N2O9S/c1-24-32(23-51-33-10-6-5-9-30(33)37(45)46)49-38(50-35(24)28-15-13-26(21-42)14-16-28)29-17-11-25(12-18-29)20-41-34(43)19-31(36(41)44)40-39(47)48-22-27-7-3-2-4-8-27/h2-18,24,31-32,35,38,42H,19-23H2,1H3,(H,40,47)(H,45,46). The zero-order valence-corrected chi connectivity index (χ0v) is 28.7. The van der Waals surface area contributed by atoms with Crippen molar-refractivity contribution in [3.8, 4) is 0 Å². The van der Waals surface area contributed by atoms with E-state index in [-0.39, 0.29) is 49.9 Å². The van der Waals surface area contributed by atoms with Crippen molar-refractivity contribution in [3.05, 3.63) is 137 Å². The Labute approximate surface area is 299 Å². The third-order valence-corrected chi connectivity index (χ3v) is 10.1. The first-order chi connectivity index (χ1) is 24.7. The monoisotopic (exact) mass is 710 g/mol. The maximum absolute atomic E-state index is 13.1. The van der Waals surface area contributed by atoms with Gasteiger partial charge in [-0.25, -0.2) is 9.59 Å². The molecule has 51 heavy (non-hydrogen) atoms. The summed E-state index contributed by atoms with van der Waals surface area (Å²) in [5.74, 6) is -1.53. The second-order valence-electron chi connectivity index (χ2n) is 12.5. The minimum atomic E-state index is -1.01. The van der Waals surface area contributed by atoms with Crippen LogP contribution in [-0.4, -0.2) is 56.9 Å². The Balaban J connectivity index is 1.12. The molecule has 2 fully saturated rings. The van der Waals surface area contributed by atoms with E-state index in [9.17, 15) is 29.4 Å². The molecule has 0 aromatic heterocycles. The second kappa shape index (κ2) is 16.3. The summed E-state index contributed by atoms with van der Waals surface area (Å²) in [5.41, 5.74) is 4.15. The van der Waals surface area contributed by atoms with Crippen LogP contribution in [0, 0.1) is 5.92 Å². The SMILES string of the molecule is CC1C(CSc2ccccc2C(=O)O)OC(c2ccc(CN3C(=O)CC(NC(=O)OCc4ccccc4)C3=O)cc2)OC1c1ccc(CO)cc1. The number of ether oxygens (including phenoxy) is 3. The van der Waals surface area contributed by atoms with Crippen LogP contribution >= 0.6 is 11.8 Å². The number of nitrogens with one attached hydrogen (secondary N) is 1. The molecule has 0 bridgehead atoms. The number of hydrogen-bond acceptors (Lipinski definition) is 9. The molecule has 3 amide bonds. The number of rotatable bonds is 12. The van der Waals surface area contributed by atoms with Crippen LogP contribution < -0.4 is 5.32 Å². The number of hydrogen-bond donors (Lipinski definition) is 3. The van der Waals surface area contributed by atoms with Crippen molar-refractivity contribution in [2.24, 2.45) is 5.92 Å². The number of carbonyl (C=O) groups excluding carboxylic acids is 3. The Morgan fingerprint density at radius 2 is 1.53 bits per heavy atom. The highest BCUT2D eigenvalue weighted by Gasteiger charge is 2.41. The molecule has 2 heterocycles. The van der Waals surface area contributed by atoms with Gasteiger partial charge in [0.1, 0.15) is 12.6 Å². The number of carboxylic acids is 1. The number of amides is 3. The number of carboxylic acid groups (broad SMARTS) is 1. The number of imide groups is 1. The third-order valence-electron chi connectivity index (χ3n) is 8.99. The van der Waals surface area contributed by atoms with Crippen LogP contribution in [0.25, 0.3) is 0 Å². The van der Waals surface area contributed by atoms with Gasteiger partial charge in [-0.05, 0) is 34.4 Å². The number of alkyl carbamates (subject to hydrolysis) is 1. The predicted molar refractivity (Wildman–Crippen MR) is 187 cm³/mol. The Hall–Kier alpha value is -5.01. The van der Waals surface area contributed by atoms with Gasteiger partial charge in [-0.2, -0.15) is 0 Å². The zero-order valence-electron chi connectivity index (χ0n) is 27.8. The van der Waals surface area contributed by atoms with Crippen molar-refractivity contribution >= 4 is 35.6 Å². The predicted octanol–water partition coefficient (Wildman–Crippen LogP) is 6.01. The summed E-state index contributed by atoms with van der Waals surface area (Å²) >= 11 is 1.41. The fourth-order valence-electron chi connectivity index (χ4n) is 6.08. The Kier molecular flexibility index (Phi) is 11.5. The summed E-state index contributed by atoms with van der Waals surface area (Å²) in [5, 5.41) is 21.7. The average molecular weight is 711 g/mol. The van der Waals surface area contributed by atoms with Crippen molar-refractivity contribution in [1.82, 2.24) is 10.2 Å². The second-order valence-corrected chi connectivity index (χ2v) is 13.5. The van der Waals surface area contributed by atoms with Crippen LogP contribution in [0.5, 0.6) is 0 Å². The van der Waals surface area contributed by atoms with Gasteiger partial charge in [-0.1, -0.05) is 97.9 Å². The molecule has 0 spiro atoms. The number of carbonyl (C=O) groups is 4.